The normalized spacial score (nSPS) is 12.2. The molecule has 0 amide bonds. The molecule has 0 aromatic heterocycles. The molecule has 2 aromatic carbocycles. The number of carboxylic acid groups (broad SMARTS) is 1. The van der Waals surface area contributed by atoms with Crippen molar-refractivity contribution >= 4 is 5.97 Å². The lowest BCUT2D eigenvalue weighted by Crippen LogP contribution is -2.22. The van der Waals surface area contributed by atoms with E-state index in [4.69, 9.17) is 9.84 Å². The van der Waals surface area contributed by atoms with E-state index in [2.05, 4.69) is 11.8 Å². The van der Waals surface area contributed by atoms with Crippen LogP contribution in [0.5, 0.6) is 5.75 Å². The zero-order valence-electron chi connectivity index (χ0n) is 13.1. The van der Waals surface area contributed by atoms with Crippen molar-refractivity contribution in [1.82, 2.24) is 4.90 Å². The van der Waals surface area contributed by atoms with E-state index in [0.29, 0.717) is 12.1 Å². The van der Waals surface area contributed by atoms with Gasteiger partial charge in [-0.15, -0.1) is 0 Å². The fourth-order valence-electron chi connectivity index (χ4n) is 2.36. The minimum Gasteiger partial charge on any atom is -0.497 e. The molecule has 0 radical (unpaired) electrons. The number of methoxy groups -OCH3 is 1. The van der Waals surface area contributed by atoms with Crippen molar-refractivity contribution in [3.05, 3.63) is 65.2 Å². The van der Waals surface area contributed by atoms with Crippen LogP contribution >= 0.6 is 0 Å². The highest BCUT2D eigenvalue weighted by atomic mass is 16.5. The Morgan fingerprint density at radius 3 is 2.50 bits per heavy atom. The molecule has 0 bridgehead atoms. The lowest BCUT2D eigenvalue weighted by atomic mass is 10.1. The third-order valence-electron chi connectivity index (χ3n) is 3.87. The monoisotopic (exact) mass is 299 g/mol. The fourth-order valence-corrected chi connectivity index (χ4v) is 2.36. The van der Waals surface area contributed by atoms with E-state index in [1.54, 1.807) is 25.3 Å². The highest BCUT2D eigenvalue weighted by Crippen LogP contribution is 2.23. The minimum atomic E-state index is -0.896. The van der Waals surface area contributed by atoms with Crippen LogP contribution in [0, 0.1) is 0 Å². The van der Waals surface area contributed by atoms with Crippen LogP contribution in [-0.4, -0.2) is 30.1 Å². The predicted octanol–water partition coefficient (Wildman–Crippen LogP) is 3.59. The van der Waals surface area contributed by atoms with Gasteiger partial charge in [-0.1, -0.05) is 24.3 Å². The van der Waals surface area contributed by atoms with Crippen molar-refractivity contribution in [3.8, 4) is 5.75 Å². The van der Waals surface area contributed by atoms with Crippen LogP contribution in [0.15, 0.2) is 48.5 Å². The maximum absolute atomic E-state index is 11.0. The molecule has 2 rings (SSSR count). The third-order valence-corrected chi connectivity index (χ3v) is 3.87. The topological polar surface area (TPSA) is 49.8 Å². The molecule has 4 heteroatoms. The zero-order valence-corrected chi connectivity index (χ0v) is 13.1. The Labute approximate surface area is 131 Å². The molecular formula is C18H21NO3. The van der Waals surface area contributed by atoms with Crippen LogP contribution in [0.4, 0.5) is 0 Å². The van der Waals surface area contributed by atoms with Crippen LogP contribution in [0.2, 0.25) is 0 Å². The lowest BCUT2D eigenvalue weighted by Gasteiger charge is -2.25. The van der Waals surface area contributed by atoms with Crippen molar-refractivity contribution in [1.29, 1.82) is 0 Å². The van der Waals surface area contributed by atoms with Crippen LogP contribution in [-0.2, 0) is 6.54 Å². The standard InChI is InChI=1S/C18H21NO3/c1-13(15-7-9-17(22-3)10-8-15)19(2)12-14-5-4-6-16(11-14)18(20)21/h4-11,13H,12H2,1-3H3,(H,20,21). The van der Waals surface area contributed by atoms with Crippen molar-refractivity contribution < 1.29 is 14.6 Å². The quantitative estimate of drug-likeness (QED) is 0.885. The summed E-state index contributed by atoms with van der Waals surface area (Å²) in [4.78, 5) is 13.2. The van der Waals surface area contributed by atoms with Crippen molar-refractivity contribution in [2.24, 2.45) is 0 Å². The average molecular weight is 299 g/mol. The van der Waals surface area contributed by atoms with Gasteiger partial charge in [-0.25, -0.2) is 4.79 Å². The number of nitrogens with zero attached hydrogens (tertiary/aromatic N) is 1. The summed E-state index contributed by atoms with van der Waals surface area (Å²) in [6.07, 6.45) is 0. The molecule has 0 fully saturated rings. The number of hydrogen-bond donors (Lipinski definition) is 1. The highest BCUT2D eigenvalue weighted by Gasteiger charge is 2.13. The molecular weight excluding hydrogens is 278 g/mol. The van der Waals surface area contributed by atoms with E-state index in [9.17, 15) is 4.79 Å². The van der Waals surface area contributed by atoms with Gasteiger partial charge in [-0.05, 0) is 49.4 Å². The zero-order chi connectivity index (χ0) is 16.1. The smallest absolute Gasteiger partial charge is 0.335 e. The van der Waals surface area contributed by atoms with Gasteiger partial charge in [-0.3, -0.25) is 4.90 Å². The van der Waals surface area contributed by atoms with Crippen LogP contribution in [0.25, 0.3) is 0 Å². The second-order valence-corrected chi connectivity index (χ2v) is 5.37. The molecule has 0 heterocycles. The van der Waals surface area contributed by atoms with E-state index >= 15 is 0 Å². The molecule has 0 saturated carbocycles. The van der Waals surface area contributed by atoms with E-state index in [1.165, 1.54) is 5.56 Å². The summed E-state index contributed by atoms with van der Waals surface area (Å²) in [6.45, 7) is 2.82. The van der Waals surface area contributed by atoms with Crippen molar-refractivity contribution in [3.63, 3.8) is 0 Å². The Morgan fingerprint density at radius 2 is 1.91 bits per heavy atom. The molecule has 1 N–H and O–H groups in total. The number of aromatic carboxylic acids is 1. The number of carboxylic acids is 1. The first-order valence-electron chi connectivity index (χ1n) is 7.17. The fraction of sp³-hybridized carbons (Fsp3) is 0.278. The second-order valence-electron chi connectivity index (χ2n) is 5.37. The third kappa shape index (κ3) is 3.86. The molecule has 0 aliphatic heterocycles. The highest BCUT2D eigenvalue weighted by molar-refractivity contribution is 5.87. The maximum Gasteiger partial charge on any atom is 0.335 e. The Hall–Kier alpha value is -2.33. The van der Waals surface area contributed by atoms with E-state index in [1.807, 2.05) is 37.4 Å². The lowest BCUT2D eigenvalue weighted by molar-refractivity contribution is 0.0696. The Bertz CT molecular complexity index is 637. The molecule has 0 aliphatic carbocycles. The number of hydrogen-bond acceptors (Lipinski definition) is 3. The van der Waals surface area contributed by atoms with E-state index < -0.39 is 5.97 Å². The summed E-state index contributed by atoms with van der Waals surface area (Å²) in [5.41, 5.74) is 2.50. The number of ether oxygens (including phenoxy) is 1. The predicted molar refractivity (Wildman–Crippen MR) is 86.3 cm³/mol. The molecule has 1 atom stereocenters. The molecule has 1 unspecified atom stereocenters. The number of rotatable bonds is 6. The van der Waals surface area contributed by atoms with Gasteiger partial charge in [-0.2, -0.15) is 0 Å². The van der Waals surface area contributed by atoms with Crippen molar-refractivity contribution in [2.45, 2.75) is 19.5 Å². The summed E-state index contributed by atoms with van der Waals surface area (Å²) in [5.74, 6) is -0.0551. The van der Waals surface area contributed by atoms with E-state index in [0.717, 1.165) is 11.3 Å². The summed E-state index contributed by atoms with van der Waals surface area (Å²) < 4.78 is 5.17. The average Bonchev–Trinajstić information content (AvgIpc) is 2.54. The van der Waals surface area contributed by atoms with Gasteiger partial charge in [0.25, 0.3) is 0 Å². The summed E-state index contributed by atoms with van der Waals surface area (Å²) in [6, 6.07) is 15.3. The second kappa shape index (κ2) is 7.09. The van der Waals surface area contributed by atoms with Crippen LogP contribution < -0.4 is 4.74 Å². The van der Waals surface area contributed by atoms with Gasteiger partial charge in [0.2, 0.25) is 0 Å². The molecule has 4 nitrogen and oxygen atoms in total. The number of carbonyl (C=O) groups is 1. The van der Waals surface area contributed by atoms with Gasteiger partial charge in [0, 0.05) is 12.6 Å². The minimum absolute atomic E-state index is 0.222. The largest absolute Gasteiger partial charge is 0.497 e. The van der Waals surface area contributed by atoms with Gasteiger partial charge >= 0.3 is 5.97 Å². The Morgan fingerprint density at radius 1 is 1.23 bits per heavy atom. The van der Waals surface area contributed by atoms with Crippen LogP contribution in [0.1, 0.15) is 34.5 Å². The number of benzene rings is 2. The first kappa shape index (κ1) is 16.0. The Kier molecular flexibility index (Phi) is 5.17. The maximum atomic E-state index is 11.0. The molecule has 22 heavy (non-hydrogen) atoms. The molecule has 0 aliphatic rings. The van der Waals surface area contributed by atoms with E-state index in [-0.39, 0.29) is 6.04 Å². The van der Waals surface area contributed by atoms with Gasteiger partial charge in [0.15, 0.2) is 0 Å². The van der Waals surface area contributed by atoms with Crippen LogP contribution in [0.3, 0.4) is 0 Å². The summed E-state index contributed by atoms with van der Waals surface area (Å²) in [7, 11) is 3.68. The van der Waals surface area contributed by atoms with Gasteiger partial charge in [0.05, 0.1) is 12.7 Å². The molecule has 0 saturated heterocycles. The molecule has 0 spiro atoms. The SMILES string of the molecule is COc1ccc(C(C)N(C)Cc2cccc(C(=O)O)c2)cc1. The summed E-state index contributed by atoms with van der Waals surface area (Å²) in [5, 5.41) is 9.05. The van der Waals surface area contributed by atoms with Crippen molar-refractivity contribution in [2.75, 3.05) is 14.2 Å². The summed E-state index contributed by atoms with van der Waals surface area (Å²) >= 11 is 0. The first-order valence-corrected chi connectivity index (χ1v) is 7.17. The Balaban J connectivity index is 2.08. The molecule has 2 aromatic rings. The first-order chi connectivity index (χ1) is 10.5. The van der Waals surface area contributed by atoms with Gasteiger partial charge in [0.1, 0.15) is 5.75 Å². The van der Waals surface area contributed by atoms with Gasteiger partial charge < -0.3 is 9.84 Å². The molecule has 116 valence electrons.